The van der Waals surface area contributed by atoms with Gasteiger partial charge in [-0.15, -0.1) is 0 Å². The predicted molar refractivity (Wildman–Crippen MR) is 59.5 cm³/mol. The van der Waals surface area contributed by atoms with Gasteiger partial charge in [-0.1, -0.05) is 0 Å². The van der Waals surface area contributed by atoms with Crippen molar-refractivity contribution in [2.75, 3.05) is 0 Å². The van der Waals surface area contributed by atoms with Crippen molar-refractivity contribution in [1.29, 1.82) is 0 Å². The third-order valence-corrected chi connectivity index (χ3v) is 3.49. The second kappa shape index (κ2) is 3.16. The topological polar surface area (TPSA) is 80.9 Å². The van der Waals surface area contributed by atoms with Crippen molar-refractivity contribution in [2.45, 2.75) is 4.90 Å². The van der Waals surface area contributed by atoms with Crippen molar-refractivity contribution in [3.63, 3.8) is 0 Å². The molecule has 0 bridgehead atoms. The molecule has 7 heteroatoms. The minimum absolute atomic E-state index is 0.0758. The van der Waals surface area contributed by atoms with E-state index in [-0.39, 0.29) is 4.90 Å². The molecule has 0 saturated heterocycles. The number of aromatic amines is 1. The monoisotopic (exact) mass is 243 g/mol. The van der Waals surface area contributed by atoms with Crippen LogP contribution in [0.15, 0.2) is 23.1 Å². The summed E-state index contributed by atoms with van der Waals surface area (Å²) in [5.41, 5.74) is 1.50. The second-order valence-electron chi connectivity index (χ2n) is 3.21. The smallest absolute Gasteiger partial charge is 0.238 e. The van der Waals surface area contributed by atoms with Gasteiger partial charge >= 0.3 is 0 Å². The zero-order chi connectivity index (χ0) is 11.2. The number of imidazole rings is 1. The number of primary sulfonamides is 1. The van der Waals surface area contributed by atoms with Crippen LogP contribution in [0.2, 0.25) is 0 Å². The molecule has 2 rings (SSSR count). The van der Waals surface area contributed by atoms with Crippen LogP contribution in [0.1, 0.15) is 0 Å². The minimum atomic E-state index is -3.66. The molecule has 1 heterocycles. The molecule has 0 unspecified atom stereocenters. The lowest BCUT2D eigenvalue weighted by Gasteiger charge is -1.98. The van der Waals surface area contributed by atoms with E-state index in [0.717, 1.165) is 5.52 Å². The molecule has 0 radical (unpaired) electrons. The third-order valence-electron chi connectivity index (χ3n) is 2.20. The van der Waals surface area contributed by atoms with Gasteiger partial charge in [-0.3, -0.25) is 0 Å². The number of nitrogens with zero attached hydrogens (tertiary/aromatic N) is 1. The van der Waals surface area contributed by atoms with Crippen LogP contribution in [0.5, 0.6) is 0 Å². The van der Waals surface area contributed by atoms with Gasteiger partial charge in [0.05, 0.1) is 15.9 Å². The molecule has 0 saturated carbocycles. The Morgan fingerprint density at radius 2 is 2.13 bits per heavy atom. The fourth-order valence-corrected chi connectivity index (χ4v) is 2.14. The predicted octanol–water partition coefficient (Wildman–Crippen LogP) is 0.883. The van der Waals surface area contributed by atoms with Crippen LogP contribution < -0.4 is 5.14 Å². The first-order valence-corrected chi connectivity index (χ1v) is 6.06. The highest BCUT2D eigenvalue weighted by Gasteiger charge is 2.09. The first-order chi connectivity index (χ1) is 6.89. The van der Waals surface area contributed by atoms with Gasteiger partial charge in [-0.2, -0.15) is 0 Å². The molecule has 2 aromatic rings. The molecule has 80 valence electrons. The normalized spacial score (nSPS) is 12.1. The standard InChI is InChI=1S/C8H9N3O2S2/c1-11-7-3-2-5(15(9,12)13)4-6(7)10-8(11)14/h2-4H,1H3,(H,10,14)(H2,9,12,13). The Kier molecular flexibility index (Phi) is 2.18. The molecule has 0 aliphatic heterocycles. The third kappa shape index (κ3) is 1.69. The van der Waals surface area contributed by atoms with Crippen LogP contribution in [0, 0.1) is 4.77 Å². The maximum atomic E-state index is 11.1. The van der Waals surface area contributed by atoms with Gasteiger partial charge in [-0.05, 0) is 30.4 Å². The van der Waals surface area contributed by atoms with E-state index < -0.39 is 10.0 Å². The Morgan fingerprint density at radius 3 is 2.73 bits per heavy atom. The van der Waals surface area contributed by atoms with E-state index >= 15 is 0 Å². The number of benzene rings is 1. The summed E-state index contributed by atoms with van der Waals surface area (Å²) in [5.74, 6) is 0. The van der Waals surface area contributed by atoms with E-state index in [0.29, 0.717) is 10.3 Å². The summed E-state index contributed by atoms with van der Waals surface area (Å²) in [4.78, 5) is 2.97. The first-order valence-electron chi connectivity index (χ1n) is 4.11. The lowest BCUT2D eigenvalue weighted by Crippen LogP contribution is -2.11. The minimum Gasteiger partial charge on any atom is -0.331 e. The number of sulfonamides is 1. The van der Waals surface area contributed by atoms with E-state index in [1.807, 2.05) is 0 Å². The number of rotatable bonds is 1. The van der Waals surface area contributed by atoms with E-state index in [1.165, 1.54) is 12.1 Å². The van der Waals surface area contributed by atoms with E-state index in [9.17, 15) is 8.42 Å². The molecule has 1 aromatic carbocycles. The van der Waals surface area contributed by atoms with Crippen molar-refractivity contribution in [1.82, 2.24) is 9.55 Å². The number of nitrogens with two attached hydrogens (primary N) is 1. The fourth-order valence-electron chi connectivity index (χ4n) is 1.39. The summed E-state index contributed by atoms with van der Waals surface area (Å²) >= 11 is 5.02. The fraction of sp³-hybridized carbons (Fsp3) is 0.125. The van der Waals surface area contributed by atoms with Crippen molar-refractivity contribution < 1.29 is 8.42 Å². The zero-order valence-electron chi connectivity index (χ0n) is 7.89. The first kappa shape index (κ1) is 10.3. The largest absolute Gasteiger partial charge is 0.331 e. The quantitative estimate of drug-likeness (QED) is 0.730. The molecule has 0 atom stereocenters. The van der Waals surface area contributed by atoms with Crippen LogP contribution in [0.3, 0.4) is 0 Å². The summed E-state index contributed by atoms with van der Waals surface area (Å²) in [5, 5.41) is 5.02. The molecule has 0 amide bonds. The molecule has 0 spiro atoms. The highest BCUT2D eigenvalue weighted by molar-refractivity contribution is 7.89. The molecule has 3 N–H and O–H groups in total. The SMILES string of the molecule is Cn1c(=S)[nH]c2cc(S(N)(=O)=O)ccc21. The number of nitrogens with one attached hydrogen (secondary N) is 1. The van der Waals surface area contributed by atoms with Crippen molar-refractivity contribution in [3.05, 3.63) is 23.0 Å². The second-order valence-corrected chi connectivity index (χ2v) is 5.16. The van der Waals surface area contributed by atoms with Crippen molar-refractivity contribution in [3.8, 4) is 0 Å². The summed E-state index contributed by atoms with van der Waals surface area (Å²) in [6.07, 6.45) is 0. The van der Waals surface area contributed by atoms with Crippen LogP contribution in [-0.2, 0) is 17.1 Å². The maximum absolute atomic E-state index is 11.1. The highest BCUT2D eigenvalue weighted by atomic mass is 32.2. The van der Waals surface area contributed by atoms with Crippen molar-refractivity contribution in [2.24, 2.45) is 12.2 Å². The lowest BCUT2D eigenvalue weighted by atomic mass is 10.3. The van der Waals surface area contributed by atoms with E-state index in [1.54, 1.807) is 17.7 Å². The average Bonchev–Trinajstić information content (AvgIpc) is 2.41. The number of H-pyrrole nitrogens is 1. The Morgan fingerprint density at radius 1 is 1.47 bits per heavy atom. The summed E-state index contributed by atoms with van der Waals surface area (Å²) in [7, 11) is -1.86. The molecule has 0 aliphatic carbocycles. The van der Waals surface area contributed by atoms with Gasteiger partial charge in [0.25, 0.3) is 0 Å². The Bertz CT molecular complexity index is 681. The number of aryl methyl sites for hydroxylation is 1. The van der Waals surface area contributed by atoms with Crippen LogP contribution in [0.4, 0.5) is 0 Å². The van der Waals surface area contributed by atoms with Gasteiger partial charge in [0.15, 0.2) is 4.77 Å². The maximum Gasteiger partial charge on any atom is 0.238 e. The van der Waals surface area contributed by atoms with Crippen molar-refractivity contribution >= 4 is 33.3 Å². The van der Waals surface area contributed by atoms with Gasteiger partial charge < -0.3 is 9.55 Å². The van der Waals surface area contributed by atoms with Gasteiger partial charge in [0.1, 0.15) is 0 Å². The lowest BCUT2D eigenvalue weighted by molar-refractivity contribution is 0.598. The van der Waals surface area contributed by atoms with E-state index in [2.05, 4.69) is 4.98 Å². The molecule has 15 heavy (non-hydrogen) atoms. The van der Waals surface area contributed by atoms with Gasteiger partial charge in [-0.25, -0.2) is 13.6 Å². The number of hydrogen-bond acceptors (Lipinski definition) is 3. The summed E-state index contributed by atoms with van der Waals surface area (Å²) in [6, 6.07) is 4.60. The number of hydrogen-bond donors (Lipinski definition) is 2. The summed E-state index contributed by atoms with van der Waals surface area (Å²) < 4.78 is 24.5. The molecular weight excluding hydrogens is 234 g/mol. The highest BCUT2D eigenvalue weighted by Crippen LogP contribution is 2.17. The summed E-state index contributed by atoms with van der Waals surface area (Å²) in [6.45, 7) is 0. The molecule has 1 aromatic heterocycles. The number of fused-ring (bicyclic) bond motifs is 1. The Hall–Kier alpha value is -1.18. The Labute approximate surface area is 91.6 Å². The molecular formula is C8H9N3O2S2. The molecule has 0 aliphatic rings. The van der Waals surface area contributed by atoms with Gasteiger partial charge in [0.2, 0.25) is 10.0 Å². The molecule has 0 fully saturated rings. The average molecular weight is 243 g/mol. The van der Waals surface area contributed by atoms with Crippen LogP contribution in [-0.4, -0.2) is 18.0 Å². The molecule has 5 nitrogen and oxygen atoms in total. The van der Waals surface area contributed by atoms with Crippen LogP contribution >= 0.6 is 12.2 Å². The Balaban J connectivity index is 2.84. The van der Waals surface area contributed by atoms with E-state index in [4.69, 9.17) is 17.4 Å². The van der Waals surface area contributed by atoms with Crippen LogP contribution in [0.25, 0.3) is 11.0 Å². The number of aromatic nitrogens is 2. The zero-order valence-corrected chi connectivity index (χ0v) is 9.52. The van der Waals surface area contributed by atoms with Gasteiger partial charge in [0, 0.05) is 7.05 Å².